The van der Waals surface area contributed by atoms with Crippen LogP contribution in [0.15, 0.2) is 71.6 Å². The molecule has 9 heteroatoms. The van der Waals surface area contributed by atoms with Crippen molar-refractivity contribution in [3.05, 3.63) is 83.9 Å². The molecule has 156 valence electrons. The zero-order chi connectivity index (χ0) is 21.7. The van der Waals surface area contributed by atoms with Gasteiger partial charge in [0.1, 0.15) is 17.4 Å². The van der Waals surface area contributed by atoms with Crippen LogP contribution in [0.3, 0.4) is 0 Å². The van der Waals surface area contributed by atoms with Crippen molar-refractivity contribution in [1.82, 2.24) is 0 Å². The van der Waals surface area contributed by atoms with Gasteiger partial charge in [0.05, 0.1) is 10.6 Å². The smallest absolute Gasteiger partial charge is 0.262 e. The minimum Gasteiger partial charge on any atom is -0.483 e. The summed E-state index contributed by atoms with van der Waals surface area (Å²) in [5.41, 5.74) is 0.752. The largest absolute Gasteiger partial charge is 0.483 e. The van der Waals surface area contributed by atoms with Crippen molar-refractivity contribution in [2.75, 3.05) is 16.6 Å². The van der Waals surface area contributed by atoms with Gasteiger partial charge in [-0.25, -0.2) is 17.2 Å². The van der Waals surface area contributed by atoms with Gasteiger partial charge in [-0.1, -0.05) is 18.2 Å². The Hall–Kier alpha value is -3.46. The van der Waals surface area contributed by atoms with E-state index in [0.29, 0.717) is 23.1 Å². The number of hydrogen-bond donors (Lipinski definition) is 2. The summed E-state index contributed by atoms with van der Waals surface area (Å²) in [6.45, 7) is 1.19. The van der Waals surface area contributed by atoms with E-state index in [1.165, 1.54) is 18.2 Å². The van der Waals surface area contributed by atoms with E-state index in [1.54, 1.807) is 37.3 Å². The van der Waals surface area contributed by atoms with Crippen molar-refractivity contribution >= 4 is 27.3 Å². The second-order valence-corrected chi connectivity index (χ2v) is 8.04. The number of amides is 1. The van der Waals surface area contributed by atoms with Crippen LogP contribution in [0.1, 0.15) is 5.56 Å². The molecule has 0 aliphatic rings. The summed E-state index contributed by atoms with van der Waals surface area (Å²) in [6.07, 6.45) is 0. The van der Waals surface area contributed by atoms with Crippen molar-refractivity contribution in [3.8, 4) is 5.75 Å². The molecule has 0 aromatic heterocycles. The second kappa shape index (κ2) is 8.91. The van der Waals surface area contributed by atoms with Gasteiger partial charge in [0.15, 0.2) is 6.61 Å². The van der Waals surface area contributed by atoms with Gasteiger partial charge in [-0.15, -0.1) is 0 Å². The summed E-state index contributed by atoms with van der Waals surface area (Å²) in [7, 11) is -3.79. The highest BCUT2D eigenvalue weighted by atomic mass is 32.2. The number of para-hydroxylation sites is 1. The number of carbonyl (C=O) groups excluding carboxylic acids is 1. The zero-order valence-electron chi connectivity index (χ0n) is 15.9. The molecule has 2 N–H and O–H groups in total. The van der Waals surface area contributed by atoms with Crippen LogP contribution in [0.4, 0.5) is 20.2 Å². The Morgan fingerprint density at radius 1 is 1.00 bits per heavy atom. The summed E-state index contributed by atoms with van der Waals surface area (Å²) in [6, 6.07) is 15.4. The van der Waals surface area contributed by atoms with Gasteiger partial charge >= 0.3 is 0 Å². The van der Waals surface area contributed by atoms with Crippen LogP contribution >= 0.6 is 0 Å². The Bertz CT molecular complexity index is 1170. The lowest BCUT2D eigenvalue weighted by molar-refractivity contribution is -0.118. The molecule has 3 aromatic rings. The SMILES string of the molecule is Cc1cc(S(=O)(=O)Nc2ccccc2)ccc1OCC(=O)Nc1ccc(F)cc1F. The highest BCUT2D eigenvalue weighted by Crippen LogP contribution is 2.24. The fourth-order valence-corrected chi connectivity index (χ4v) is 3.74. The highest BCUT2D eigenvalue weighted by molar-refractivity contribution is 7.92. The first-order valence-corrected chi connectivity index (χ1v) is 10.3. The fraction of sp³-hybridized carbons (Fsp3) is 0.0952. The number of hydrogen-bond acceptors (Lipinski definition) is 4. The minimum absolute atomic E-state index is 0.0361. The summed E-state index contributed by atoms with van der Waals surface area (Å²) >= 11 is 0. The first-order valence-electron chi connectivity index (χ1n) is 8.81. The third kappa shape index (κ3) is 5.32. The van der Waals surface area contributed by atoms with Crippen molar-refractivity contribution in [1.29, 1.82) is 0 Å². The number of sulfonamides is 1. The number of nitrogens with one attached hydrogen (secondary N) is 2. The van der Waals surface area contributed by atoms with Crippen LogP contribution in [0.2, 0.25) is 0 Å². The molecule has 0 saturated heterocycles. The number of ether oxygens (including phenoxy) is 1. The molecule has 3 aromatic carbocycles. The van der Waals surface area contributed by atoms with Gasteiger partial charge in [0.25, 0.3) is 15.9 Å². The van der Waals surface area contributed by atoms with E-state index in [0.717, 1.165) is 12.1 Å². The maximum atomic E-state index is 13.6. The standard InChI is InChI=1S/C21H18F2N2O4S/c1-14-11-17(30(27,28)25-16-5-3-2-4-6-16)8-10-20(14)29-13-21(26)24-19-9-7-15(22)12-18(19)23/h2-12,25H,13H2,1H3,(H,24,26). The molecule has 0 unspecified atom stereocenters. The highest BCUT2D eigenvalue weighted by Gasteiger charge is 2.16. The van der Waals surface area contributed by atoms with E-state index in [1.807, 2.05) is 0 Å². The van der Waals surface area contributed by atoms with E-state index in [4.69, 9.17) is 4.74 Å². The molecule has 0 spiro atoms. The third-order valence-electron chi connectivity index (χ3n) is 4.05. The summed E-state index contributed by atoms with van der Waals surface area (Å²) in [5.74, 6) is -2.01. The maximum absolute atomic E-state index is 13.6. The van der Waals surface area contributed by atoms with Gasteiger partial charge in [-0.3, -0.25) is 9.52 Å². The number of benzene rings is 3. The molecule has 0 heterocycles. The van der Waals surface area contributed by atoms with Gasteiger partial charge in [0.2, 0.25) is 0 Å². The van der Waals surface area contributed by atoms with Crippen molar-refractivity contribution in [2.24, 2.45) is 0 Å². The third-order valence-corrected chi connectivity index (χ3v) is 5.43. The summed E-state index contributed by atoms with van der Waals surface area (Å²) in [4.78, 5) is 12.0. The first kappa shape index (κ1) is 21.3. The maximum Gasteiger partial charge on any atom is 0.262 e. The van der Waals surface area contributed by atoms with E-state index in [2.05, 4.69) is 10.0 Å². The lowest BCUT2D eigenvalue weighted by Crippen LogP contribution is -2.21. The van der Waals surface area contributed by atoms with Crippen LogP contribution in [0.5, 0.6) is 5.75 Å². The fourth-order valence-electron chi connectivity index (χ4n) is 2.59. The summed E-state index contributed by atoms with van der Waals surface area (Å²) in [5, 5.41) is 2.28. The minimum atomic E-state index is -3.79. The van der Waals surface area contributed by atoms with Gasteiger partial charge < -0.3 is 10.1 Å². The zero-order valence-corrected chi connectivity index (χ0v) is 16.7. The van der Waals surface area contributed by atoms with Crippen LogP contribution in [0.25, 0.3) is 0 Å². The summed E-state index contributed by atoms with van der Waals surface area (Å²) < 4.78 is 59.4. The molecule has 30 heavy (non-hydrogen) atoms. The molecular weight excluding hydrogens is 414 g/mol. The lowest BCUT2D eigenvalue weighted by atomic mass is 10.2. The Balaban J connectivity index is 1.64. The normalized spacial score (nSPS) is 11.0. The number of halogens is 2. The van der Waals surface area contributed by atoms with Crippen molar-refractivity contribution in [3.63, 3.8) is 0 Å². The molecule has 0 saturated carbocycles. The Morgan fingerprint density at radius 3 is 2.40 bits per heavy atom. The predicted octanol–water partition coefficient (Wildman–Crippen LogP) is 4.09. The quantitative estimate of drug-likeness (QED) is 0.589. The average molecular weight is 432 g/mol. The first-order chi connectivity index (χ1) is 14.2. The molecule has 0 aliphatic carbocycles. The van der Waals surface area contributed by atoms with Crippen molar-refractivity contribution < 1.29 is 26.7 Å². The number of rotatable bonds is 7. The average Bonchev–Trinajstić information content (AvgIpc) is 2.69. The molecule has 1 amide bonds. The van der Waals surface area contributed by atoms with Gasteiger partial charge in [0, 0.05) is 11.8 Å². The molecule has 0 atom stereocenters. The van der Waals surface area contributed by atoms with E-state index >= 15 is 0 Å². The number of aryl methyl sites for hydroxylation is 1. The Kier molecular flexibility index (Phi) is 6.31. The van der Waals surface area contributed by atoms with Crippen molar-refractivity contribution in [2.45, 2.75) is 11.8 Å². The van der Waals surface area contributed by atoms with E-state index in [9.17, 15) is 22.0 Å². The van der Waals surface area contributed by atoms with Crippen LogP contribution in [-0.4, -0.2) is 20.9 Å². The number of carbonyl (C=O) groups is 1. The van der Waals surface area contributed by atoms with Crippen LogP contribution < -0.4 is 14.8 Å². The molecule has 3 rings (SSSR count). The predicted molar refractivity (Wildman–Crippen MR) is 109 cm³/mol. The Labute approximate surface area is 172 Å². The Morgan fingerprint density at radius 2 is 1.73 bits per heavy atom. The topological polar surface area (TPSA) is 84.5 Å². The molecular formula is C21H18F2N2O4S. The van der Waals surface area contributed by atoms with Crippen LogP contribution in [0, 0.1) is 18.6 Å². The van der Waals surface area contributed by atoms with Gasteiger partial charge in [-0.05, 0) is 55.0 Å². The van der Waals surface area contributed by atoms with E-state index < -0.39 is 34.2 Å². The molecule has 6 nitrogen and oxygen atoms in total. The van der Waals surface area contributed by atoms with Gasteiger partial charge in [-0.2, -0.15) is 0 Å². The molecule has 0 aliphatic heterocycles. The second-order valence-electron chi connectivity index (χ2n) is 6.36. The molecule has 0 bridgehead atoms. The number of anilines is 2. The van der Waals surface area contributed by atoms with Crippen LogP contribution in [-0.2, 0) is 14.8 Å². The monoisotopic (exact) mass is 432 g/mol. The van der Waals surface area contributed by atoms with E-state index in [-0.39, 0.29) is 10.6 Å². The lowest BCUT2D eigenvalue weighted by Gasteiger charge is -2.12. The molecule has 0 radical (unpaired) electrons. The molecule has 0 fully saturated rings.